The van der Waals surface area contributed by atoms with Gasteiger partial charge in [-0.1, -0.05) is 0 Å². The summed E-state index contributed by atoms with van der Waals surface area (Å²) < 4.78 is 28.9. The molecule has 1 aliphatic heterocycles. The largest absolute Gasteiger partial charge is 0.312 e. The molecule has 0 fully saturated rings. The van der Waals surface area contributed by atoms with Crippen molar-refractivity contribution in [3.8, 4) is 0 Å². The number of benzene rings is 1. The fraction of sp³-hybridized carbons (Fsp3) is 0.389. The van der Waals surface area contributed by atoms with Gasteiger partial charge in [0.1, 0.15) is 0 Å². The number of anilines is 1. The molecule has 2 heterocycles. The van der Waals surface area contributed by atoms with E-state index in [0.29, 0.717) is 12.2 Å². The van der Waals surface area contributed by atoms with Crippen LogP contribution < -0.4 is 15.2 Å². The lowest BCUT2D eigenvalue weighted by molar-refractivity contribution is -0.116. The molecule has 0 saturated heterocycles. The normalized spacial score (nSPS) is 14.1. The van der Waals surface area contributed by atoms with E-state index in [0.717, 1.165) is 24.1 Å². The Balaban J connectivity index is 1.74. The summed E-state index contributed by atoms with van der Waals surface area (Å²) in [6.07, 6.45) is 1.52. The lowest BCUT2D eigenvalue weighted by Gasteiger charge is -2.28. The molecule has 2 aromatic rings. The van der Waals surface area contributed by atoms with Crippen LogP contribution in [0.1, 0.15) is 24.6 Å². The third kappa shape index (κ3) is 4.25. The number of amides is 1. The first-order valence-electron chi connectivity index (χ1n) is 8.73. The number of sulfonamides is 1. The molecule has 1 amide bonds. The number of carbonyl (C=O) groups excluding carboxylic acids is 1. The molecule has 1 aliphatic rings. The zero-order valence-corrected chi connectivity index (χ0v) is 16.1. The molecule has 0 atom stereocenters. The van der Waals surface area contributed by atoms with E-state index in [4.69, 9.17) is 0 Å². The molecular formula is C18H22N4O4S. The summed E-state index contributed by atoms with van der Waals surface area (Å²) in [6.45, 7) is 4.10. The van der Waals surface area contributed by atoms with E-state index in [1.54, 1.807) is 30.0 Å². The van der Waals surface area contributed by atoms with Crippen molar-refractivity contribution in [3.63, 3.8) is 0 Å². The predicted molar refractivity (Wildman–Crippen MR) is 101 cm³/mol. The molecule has 0 bridgehead atoms. The standard InChI is InChI=1S/C18H22N4O4S/c1-13-5-8-18(24)22(20-13)11-9-19-27(25,26)16-6-7-17-15(12-16)4-3-10-21(17)14(2)23/h5-8,12,19H,3-4,9-11H2,1-2H3. The van der Waals surface area contributed by atoms with E-state index in [2.05, 4.69) is 9.82 Å². The molecule has 1 aromatic carbocycles. The average Bonchev–Trinajstić information content (AvgIpc) is 2.63. The first-order valence-corrected chi connectivity index (χ1v) is 10.2. The molecule has 1 aromatic heterocycles. The van der Waals surface area contributed by atoms with Gasteiger partial charge in [-0.2, -0.15) is 5.10 Å². The van der Waals surface area contributed by atoms with Gasteiger partial charge >= 0.3 is 0 Å². The Morgan fingerprint density at radius 2 is 2.04 bits per heavy atom. The minimum Gasteiger partial charge on any atom is -0.312 e. The van der Waals surface area contributed by atoms with Crippen molar-refractivity contribution >= 4 is 21.6 Å². The Hall–Kier alpha value is -2.52. The minimum atomic E-state index is -3.72. The highest BCUT2D eigenvalue weighted by molar-refractivity contribution is 7.89. The van der Waals surface area contributed by atoms with Crippen molar-refractivity contribution in [2.45, 2.75) is 38.1 Å². The maximum atomic E-state index is 12.6. The molecule has 0 unspecified atom stereocenters. The van der Waals surface area contributed by atoms with Gasteiger partial charge in [-0.3, -0.25) is 9.59 Å². The maximum Gasteiger partial charge on any atom is 0.266 e. The lowest BCUT2D eigenvalue weighted by Crippen LogP contribution is -2.34. The van der Waals surface area contributed by atoms with Crippen LogP contribution in [-0.4, -0.2) is 37.2 Å². The fourth-order valence-electron chi connectivity index (χ4n) is 3.15. The second kappa shape index (κ2) is 7.61. The molecule has 8 nitrogen and oxygen atoms in total. The number of aryl methyl sites for hydroxylation is 2. The number of nitrogens with one attached hydrogen (secondary N) is 1. The van der Waals surface area contributed by atoms with E-state index < -0.39 is 10.0 Å². The monoisotopic (exact) mass is 390 g/mol. The molecule has 0 radical (unpaired) electrons. The van der Waals surface area contributed by atoms with Crippen LogP contribution in [0.4, 0.5) is 5.69 Å². The molecule has 0 spiro atoms. The van der Waals surface area contributed by atoms with Crippen LogP contribution in [-0.2, 0) is 27.8 Å². The molecule has 0 aliphatic carbocycles. The SMILES string of the molecule is CC(=O)N1CCCc2cc(S(=O)(=O)NCCn3nc(C)ccc3=O)ccc21. The Morgan fingerprint density at radius 3 is 2.78 bits per heavy atom. The van der Waals surface area contributed by atoms with Crippen LogP contribution in [0.25, 0.3) is 0 Å². The van der Waals surface area contributed by atoms with Crippen LogP contribution >= 0.6 is 0 Å². The van der Waals surface area contributed by atoms with E-state index in [-0.39, 0.29) is 29.5 Å². The minimum absolute atomic E-state index is 0.0509. The second-order valence-corrected chi connectivity index (χ2v) is 8.27. The van der Waals surface area contributed by atoms with Gasteiger partial charge in [-0.25, -0.2) is 17.8 Å². The number of fused-ring (bicyclic) bond motifs is 1. The predicted octanol–water partition coefficient (Wildman–Crippen LogP) is 0.829. The summed E-state index contributed by atoms with van der Waals surface area (Å²) in [6, 6.07) is 7.81. The first kappa shape index (κ1) is 19.2. The highest BCUT2D eigenvalue weighted by Crippen LogP contribution is 2.29. The summed E-state index contributed by atoms with van der Waals surface area (Å²) in [4.78, 5) is 25.3. The van der Waals surface area contributed by atoms with E-state index >= 15 is 0 Å². The van der Waals surface area contributed by atoms with Gasteiger partial charge in [0, 0.05) is 31.8 Å². The molecule has 0 saturated carbocycles. The average molecular weight is 390 g/mol. The molecule has 144 valence electrons. The highest BCUT2D eigenvalue weighted by Gasteiger charge is 2.22. The summed E-state index contributed by atoms with van der Waals surface area (Å²) in [7, 11) is -3.72. The number of carbonyl (C=O) groups is 1. The van der Waals surface area contributed by atoms with Crippen molar-refractivity contribution in [2.75, 3.05) is 18.0 Å². The summed E-state index contributed by atoms with van der Waals surface area (Å²) >= 11 is 0. The van der Waals surface area contributed by atoms with E-state index in [1.165, 1.54) is 23.7 Å². The quantitative estimate of drug-likeness (QED) is 0.815. The molecule has 27 heavy (non-hydrogen) atoms. The maximum absolute atomic E-state index is 12.6. The number of nitrogens with zero attached hydrogens (tertiary/aromatic N) is 3. The fourth-order valence-corrected chi connectivity index (χ4v) is 4.22. The smallest absolute Gasteiger partial charge is 0.266 e. The number of rotatable bonds is 5. The van der Waals surface area contributed by atoms with Gasteiger partial charge in [0.05, 0.1) is 17.1 Å². The topological polar surface area (TPSA) is 101 Å². The van der Waals surface area contributed by atoms with Gasteiger partial charge in [0.2, 0.25) is 15.9 Å². The zero-order chi connectivity index (χ0) is 19.6. The Labute approximate surface area is 157 Å². The molecular weight excluding hydrogens is 368 g/mol. The van der Waals surface area contributed by atoms with Gasteiger partial charge in [-0.05, 0) is 49.6 Å². The van der Waals surface area contributed by atoms with Crippen LogP contribution in [0.3, 0.4) is 0 Å². The van der Waals surface area contributed by atoms with Gasteiger partial charge in [-0.15, -0.1) is 0 Å². The summed E-state index contributed by atoms with van der Waals surface area (Å²) in [5.41, 5.74) is 2.01. The van der Waals surface area contributed by atoms with E-state index in [1.807, 2.05) is 0 Å². The van der Waals surface area contributed by atoms with Crippen LogP contribution in [0.2, 0.25) is 0 Å². The first-order chi connectivity index (χ1) is 12.8. The van der Waals surface area contributed by atoms with Crippen LogP contribution in [0.15, 0.2) is 40.0 Å². The Kier molecular flexibility index (Phi) is 5.43. The Morgan fingerprint density at radius 1 is 1.26 bits per heavy atom. The van der Waals surface area contributed by atoms with Crippen molar-refractivity contribution in [1.29, 1.82) is 0 Å². The third-order valence-corrected chi connectivity index (χ3v) is 5.93. The summed E-state index contributed by atoms with van der Waals surface area (Å²) in [5.74, 6) is -0.0548. The molecule has 3 rings (SSSR count). The van der Waals surface area contributed by atoms with Crippen molar-refractivity contribution < 1.29 is 13.2 Å². The zero-order valence-electron chi connectivity index (χ0n) is 15.3. The Bertz CT molecular complexity index is 1030. The van der Waals surface area contributed by atoms with Crippen LogP contribution in [0, 0.1) is 6.92 Å². The molecule has 1 N–H and O–H groups in total. The van der Waals surface area contributed by atoms with Gasteiger partial charge < -0.3 is 4.90 Å². The number of hydrogen-bond donors (Lipinski definition) is 1. The number of hydrogen-bond acceptors (Lipinski definition) is 5. The third-order valence-electron chi connectivity index (χ3n) is 4.48. The lowest BCUT2D eigenvalue weighted by atomic mass is 10.0. The van der Waals surface area contributed by atoms with Gasteiger partial charge in [0.25, 0.3) is 5.56 Å². The highest BCUT2D eigenvalue weighted by atomic mass is 32.2. The van der Waals surface area contributed by atoms with Crippen LogP contribution in [0.5, 0.6) is 0 Å². The second-order valence-electron chi connectivity index (χ2n) is 6.50. The summed E-state index contributed by atoms with van der Waals surface area (Å²) in [5, 5.41) is 4.08. The van der Waals surface area contributed by atoms with Crippen molar-refractivity contribution in [2.24, 2.45) is 0 Å². The van der Waals surface area contributed by atoms with E-state index in [9.17, 15) is 18.0 Å². The molecule has 9 heteroatoms. The number of aromatic nitrogens is 2. The van der Waals surface area contributed by atoms with Crippen molar-refractivity contribution in [3.05, 3.63) is 51.9 Å². The van der Waals surface area contributed by atoms with Crippen molar-refractivity contribution in [1.82, 2.24) is 14.5 Å². The van der Waals surface area contributed by atoms with Gasteiger partial charge in [0.15, 0.2) is 0 Å².